The van der Waals surface area contributed by atoms with Crippen molar-refractivity contribution in [3.63, 3.8) is 0 Å². The molecule has 3 rings (SSSR count). The number of carbonyl (C=O) groups excluding carboxylic acids is 1. The molecule has 1 amide bonds. The summed E-state index contributed by atoms with van der Waals surface area (Å²) in [5, 5.41) is 12.5. The van der Waals surface area contributed by atoms with Crippen LogP contribution in [0.25, 0.3) is 0 Å². The van der Waals surface area contributed by atoms with Gasteiger partial charge in [0.25, 0.3) is 0 Å². The van der Waals surface area contributed by atoms with Crippen molar-refractivity contribution in [1.82, 2.24) is 14.8 Å². The highest BCUT2D eigenvalue weighted by Crippen LogP contribution is 2.30. The Bertz CT molecular complexity index is 1100. The lowest BCUT2D eigenvalue weighted by Crippen LogP contribution is -2.15. The molecule has 9 heteroatoms. The minimum Gasteiger partial charge on any atom is -0.485 e. The maximum Gasteiger partial charge on any atom is 0.234 e. The zero-order chi connectivity index (χ0) is 22.4. The Morgan fingerprint density at radius 1 is 1.26 bits per heavy atom. The van der Waals surface area contributed by atoms with Gasteiger partial charge in [-0.15, -0.1) is 16.8 Å². The van der Waals surface area contributed by atoms with Crippen LogP contribution in [-0.4, -0.2) is 26.4 Å². The normalized spacial score (nSPS) is 10.7. The van der Waals surface area contributed by atoms with Crippen molar-refractivity contribution in [2.24, 2.45) is 0 Å². The molecule has 0 aliphatic rings. The first-order valence-electron chi connectivity index (χ1n) is 9.48. The Labute approximate surface area is 195 Å². The van der Waals surface area contributed by atoms with Crippen LogP contribution in [-0.2, 0) is 17.9 Å². The molecular weight excluding hydrogens is 455 g/mol. The molecule has 6 nitrogen and oxygen atoms in total. The fourth-order valence-corrected chi connectivity index (χ4v) is 3.88. The molecule has 0 aliphatic heterocycles. The quantitative estimate of drug-likeness (QED) is 0.316. The predicted octanol–water partition coefficient (Wildman–Crippen LogP) is 5.70. The Kier molecular flexibility index (Phi) is 8.01. The first-order valence-corrected chi connectivity index (χ1v) is 11.2. The number of aryl methyl sites for hydroxylation is 2. The second-order valence-electron chi connectivity index (χ2n) is 6.79. The Balaban J connectivity index is 1.65. The van der Waals surface area contributed by atoms with Crippen LogP contribution >= 0.6 is 35.0 Å². The van der Waals surface area contributed by atoms with E-state index < -0.39 is 0 Å². The highest BCUT2D eigenvalue weighted by Gasteiger charge is 2.15. The number of hydrogen-bond acceptors (Lipinski definition) is 5. The van der Waals surface area contributed by atoms with E-state index in [9.17, 15) is 4.79 Å². The van der Waals surface area contributed by atoms with Gasteiger partial charge < -0.3 is 10.1 Å². The Morgan fingerprint density at radius 3 is 2.84 bits per heavy atom. The summed E-state index contributed by atoms with van der Waals surface area (Å²) < 4.78 is 7.84. The molecule has 0 saturated carbocycles. The lowest BCUT2D eigenvalue weighted by molar-refractivity contribution is -0.113. The third-order valence-corrected chi connectivity index (χ3v) is 6.15. The molecule has 1 aromatic heterocycles. The van der Waals surface area contributed by atoms with Crippen LogP contribution in [0.15, 0.2) is 54.2 Å². The number of thioether (sulfide) groups is 1. The third kappa shape index (κ3) is 6.03. The average Bonchev–Trinajstić information content (AvgIpc) is 3.12. The Morgan fingerprint density at radius 2 is 2.06 bits per heavy atom. The zero-order valence-electron chi connectivity index (χ0n) is 17.2. The number of halogens is 2. The van der Waals surface area contributed by atoms with E-state index in [-0.39, 0.29) is 18.3 Å². The van der Waals surface area contributed by atoms with E-state index in [1.807, 2.05) is 36.6 Å². The van der Waals surface area contributed by atoms with Crippen LogP contribution in [0, 0.1) is 13.8 Å². The van der Waals surface area contributed by atoms with Crippen LogP contribution in [0.1, 0.15) is 17.0 Å². The topological polar surface area (TPSA) is 69.0 Å². The number of allylic oxidation sites excluding steroid dienone is 1. The van der Waals surface area contributed by atoms with Gasteiger partial charge in [0.2, 0.25) is 5.91 Å². The number of ether oxygens (including phenoxy) is 1. The number of rotatable bonds is 9. The van der Waals surface area contributed by atoms with Crippen LogP contribution in [0.2, 0.25) is 10.0 Å². The van der Waals surface area contributed by atoms with E-state index in [0.717, 1.165) is 16.9 Å². The highest BCUT2D eigenvalue weighted by molar-refractivity contribution is 7.99. The predicted molar refractivity (Wildman–Crippen MR) is 126 cm³/mol. The lowest BCUT2D eigenvalue weighted by Gasteiger charge is -2.11. The molecule has 162 valence electrons. The van der Waals surface area contributed by atoms with Gasteiger partial charge >= 0.3 is 0 Å². The molecule has 31 heavy (non-hydrogen) atoms. The number of nitrogens with one attached hydrogen (secondary N) is 1. The molecule has 0 fully saturated rings. The third-order valence-electron chi connectivity index (χ3n) is 4.36. The lowest BCUT2D eigenvalue weighted by atomic mass is 10.1. The number of amides is 1. The maximum atomic E-state index is 12.4. The number of aromatic nitrogens is 3. The summed E-state index contributed by atoms with van der Waals surface area (Å²) in [6.45, 7) is 8.57. The summed E-state index contributed by atoms with van der Waals surface area (Å²) in [7, 11) is 0. The summed E-state index contributed by atoms with van der Waals surface area (Å²) in [5.41, 5.74) is 2.64. The summed E-state index contributed by atoms with van der Waals surface area (Å²) >= 11 is 13.4. The first-order chi connectivity index (χ1) is 14.9. The molecule has 1 N–H and O–H groups in total. The van der Waals surface area contributed by atoms with Gasteiger partial charge in [0.15, 0.2) is 11.0 Å². The van der Waals surface area contributed by atoms with Crippen molar-refractivity contribution in [3.8, 4) is 5.75 Å². The van der Waals surface area contributed by atoms with E-state index in [4.69, 9.17) is 27.9 Å². The van der Waals surface area contributed by atoms with Crippen molar-refractivity contribution in [2.75, 3.05) is 11.1 Å². The fraction of sp³-hybridized carbons (Fsp3) is 0.227. The van der Waals surface area contributed by atoms with Gasteiger partial charge in [-0.3, -0.25) is 9.36 Å². The highest BCUT2D eigenvalue weighted by atomic mass is 35.5. The van der Waals surface area contributed by atoms with Gasteiger partial charge in [0, 0.05) is 6.54 Å². The van der Waals surface area contributed by atoms with Crippen LogP contribution < -0.4 is 10.1 Å². The van der Waals surface area contributed by atoms with Crippen LogP contribution in [0.4, 0.5) is 5.69 Å². The molecule has 0 atom stereocenters. The van der Waals surface area contributed by atoms with E-state index in [0.29, 0.717) is 33.3 Å². The summed E-state index contributed by atoms with van der Waals surface area (Å²) in [5.74, 6) is 1.37. The van der Waals surface area contributed by atoms with Crippen LogP contribution in [0.5, 0.6) is 5.75 Å². The van der Waals surface area contributed by atoms with Crippen molar-refractivity contribution >= 4 is 46.6 Å². The molecule has 1 heterocycles. The molecular formula is C22H22Cl2N4O2S. The van der Waals surface area contributed by atoms with E-state index in [1.54, 1.807) is 24.3 Å². The molecule has 3 aromatic rings. The van der Waals surface area contributed by atoms with E-state index in [2.05, 4.69) is 22.1 Å². The van der Waals surface area contributed by atoms with E-state index >= 15 is 0 Å². The second-order valence-corrected chi connectivity index (χ2v) is 8.52. The minimum atomic E-state index is -0.226. The SMILES string of the molecule is C=CCn1c(COc2cc(C)ccc2C)nnc1SCC(=O)Nc1cccc(Cl)c1Cl. The number of anilines is 1. The van der Waals surface area contributed by atoms with Gasteiger partial charge in [-0.05, 0) is 43.2 Å². The molecule has 0 saturated heterocycles. The van der Waals surface area contributed by atoms with Crippen molar-refractivity contribution in [2.45, 2.75) is 32.2 Å². The van der Waals surface area contributed by atoms with Gasteiger partial charge in [-0.2, -0.15) is 0 Å². The fourth-order valence-electron chi connectivity index (χ4n) is 2.77. The Hall–Kier alpha value is -2.48. The average molecular weight is 477 g/mol. The molecule has 0 radical (unpaired) electrons. The number of hydrogen-bond donors (Lipinski definition) is 1. The summed E-state index contributed by atoms with van der Waals surface area (Å²) in [6.07, 6.45) is 1.75. The van der Waals surface area contributed by atoms with Crippen LogP contribution in [0.3, 0.4) is 0 Å². The molecule has 2 aromatic carbocycles. The smallest absolute Gasteiger partial charge is 0.234 e. The molecule has 0 unspecified atom stereocenters. The zero-order valence-corrected chi connectivity index (χ0v) is 19.5. The maximum absolute atomic E-state index is 12.4. The van der Waals surface area contributed by atoms with Gasteiger partial charge in [0.05, 0.1) is 21.5 Å². The molecule has 0 spiro atoms. The summed E-state index contributed by atoms with van der Waals surface area (Å²) in [4.78, 5) is 12.4. The summed E-state index contributed by atoms with van der Waals surface area (Å²) in [6, 6.07) is 11.1. The standard InChI is InChI=1S/C22H22Cl2N4O2S/c1-4-10-28-19(12-30-18-11-14(2)8-9-15(18)3)26-27-22(28)31-13-20(29)25-17-7-5-6-16(23)21(17)24/h4-9,11H,1,10,12-13H2,2-3H3,(H,25,29). The first kappa shape index (κ1) is 23.2. The molecule has 0 bridgehead atoms. The van der Waals surface area contributed by atoms with E-state index in [1.165, 1.54) is 11.8 Å². The minimum absolute atomic E-state index is 0.135. The van der Waals surface area contributed by atoms with Gasteiger partial charge in [0.1, 0.15) is 12.4 Å². The van der Waals surface area contributed by atoms with Crippen molar-refractivity contribution in [1.29, 1.82) is 0 Å². The number of benzene rings is 2. The number of nitrogens with zero attached hydrogens (tertiary/aromatic N) is 3. The second kappa shape index (κ2) is 10.7. The van der Waals surface area contributed by atoms with Gasteiger partial charge in [-0.25, -0.2) is 0 Å². The largest absolute Gasteiger partial charge is 0.485 e. The van der Waals surface area contributed by atoms with Gasteiger partial charge in [-0.1, -0.05) is 59.2 Å². The molecule has 0 aliphatic carbocycles. The van der Waals surface area contributed by atoms with Crippen molar-refractivity contribution in [3.05, 3.63) is 76.0 Å². The number of carbonyl (C=O) groups is 1. The monoisotopic (exact) mass is 476 g/mol. The van der Waals surface area contributed by atoms with Crippen molar-refractivity contribution < 1.29 is 9.53 Å².